The van der Waals surface area contributed by atoms with Gasteiger partial charge in [0.2, 0.25) is 0 Å². The Morgan fingerprint density at radius 1 is 1.40 bits per heavy atom. The molecule has 2 heterocycles. The number of rotatable bonds is 7. The third-order valence-corrected chi connectivity index (χ3v) is 4.69. The molecule has 4 nitrogen and oxygen atoms in total. The quantitative estimate of drug-likeness (QED) is 0.724. The van der Waals surface area contributed by atoms with Crippen molar-refractivity contribution >= 4 is 0 Å². The molecule has 0 aromatic heterocycles. The van der Waals surface area contributed by atoms with Crippen LogP contribution in [0.4, 0.5) is 0 Å². The lowest BCUT2D eigenvalue weighted by Gasteiger charge is -2.43. The van der Waals surface area contributed by atoms with E-state index >= 15 is 0 Å². The van der Waals surface area contributed by atoms with Crippen LogP contribution >= 0.6 is 0 Å². The first kappa shape index (κ1) is 16.2. The first-order valence-electron chi connectivity index (χ1n) is 8.31. The zero-order valence-corrected chi connectivity index (χ0v) is 13.3. The van der Waals surface area contributed by atoms with Gasteiger partial charge in [0.25, 0.3) is 0 Å². The van der Waals surface area contributed by atoms with Gasteiger partial charge in [0.15, 0.2) is 0 Å². The van der Waals surface area contributed by atoms with E-state index in [4.69, 9.17) is 9.47 Å². The van der Waals surface area contributed by atoms with Gasteiger partial charge in [-0.05, 0) is 45.2 Å². The maximum atomic E-state index is 5.81. The molecule has 2 unspecified atom stereocenters. The fourth-order valence-electron chi connectivity index (χ4n) is 3.58. The van der Waals surface area contributed by atoms with Crippen LogP contribution in [0.1, 0.15) is 39.0 Å². The number of piperidine rings is 1. The van der Waals surface area contributed by atoms with Crippen molar-refractivity contribution in [3.63, 3.8) is 0 Å². The third kappa shape index (κ3) is 4.69. The minimum atomic E-state index is 0.309. The minimum Gasteiger partial charge on any atom is -0.381 e. The molecule has 20 heavy (non-hydrogen) atoms. The second kappa shape index (κ2) is 8.32. The molecule has 2 aliphatic heterocycles. The fourth-order valence-corrected chi connectivity index (χ4v) is 3.58. The van der Waals surface area contributed by atoms with E-state index in [0.29, 0.717) is 11.5 Å². The lowest BCUT2D eigenvalue weighted by Crippen LogP contribution is -2.52. The van der Waals surface area contributed by atoms with E-state index in [9.17, 15) is 0 Å². The van der Waals surface area contributed by atoms with Crippen LogP contribution < -0.4 is 5.32 Å². The van der Waals surface area contributed by atoms with Crippen molar-refractivity contribution in [1.82, 2.24) is 10.2 Å². The highest BCUT2D eigenvalue weighted by Gasteiger charge is 2.35. The smallest absolute Gasteiger partial charge is 0.0698 e. The third-order valence-electron chi connectivity index (χ3n) is 4.69. The molecule has 0 aromatic rings. The maximum absolute atomic E-state index is 5.81. The molecule has 2 fully saturated rings. The summed E-state index contributed by atoms with van der Waals surface area (Å²) in [5.74, 6) is 0. The standard InChI is InChI=1S/C16H32N2O2/c1-3-8-17-12-16(7-5-10-20-14-16)13-18-9-4-6-15(11-18)19-2/h15,17H,3-14H2,1-2H3. The predicted octanol–water partition coefficient (Wildman–Crippen LogP) is 1.89. The van der Waals surface area contributed by atoms with Gasteiger partial charge in [0, 0.05) is 38.8 Å². The number of nitrogens with one attached hydrogen (secondary N) is 1. The Kier molecular flexibility index (Phi) is 6.75. The van der Waals surface area contributed by atoms with Crippen molar-refractivity contribution in [2.24, 2.45) is 5.41 Å². The zero-order valence-electron chi connectivity index (χ0n) is 13.3. The highest BCUT2D eigenvalue weighted by molar-refractivity contribution is 4.89. The molecule has 0 saturated carbocycles. The molecule has 0 bridgehead atoms. The molecular weight excluding hydrogens is 252 g/mol. The predicted molar refractivity (Wildman–Crippen MR) is 82.1 cm³/mol. The summed E-state index contributed by atoms with van der Waals surface area (Å²) in [5, 5.41) is 3.62. The van der Waals surface area contributed by atoms with Gasteiger partial charge in [-0.25, -0.2) is 0 Å². The summed E-state index contributed by atoms with van der Waals surface area (Å²) < 4.78 is 11.4. The van der Waals surface area contributed by atoms with Crippen LogP contribution in [0.25, 0.3) is 0 Å². The Bertz CT molecular complexity index is 267. The summed E-state index contributed by atoms with van der Waals surface area (Å²) in [6.07, 6.45) is 6.59. The molecule has 2 aliphatic rings. The average Bonchev–Trinajstić information content (AvgIpc) is 2.48. The number of ether oxygens (including phenoxy) is 2. The molecule has 0 radical (unpaired) electrons. The van der Waals surface area contributed by atoms with Crippen molar-refractivity contribution in [1.29, 1.82) is 0 Å². The van der Waals surface area contributed by atoms with Crippen molar-refractivity contribution < 1.29 is 9.47 Å². The highest BCUT2D eigenvalue weighted by Crippen LogP contribution is 2.30. The van der Waals surface area contributed by atoms with Crippen LogP contribution in [-0.2, 0) is 9.47 Å². The van der Waals surface area contributed by atoms with Crippen molar-refractivity contribution in [2.75, 3.05) is 53.0 Å². The number of likely N-dealkylation sites (tertiary alicyclic amines) is 1. The highest BCUT2D eigenvalue weighted by atomic mass is 16.5. The number of methoxy groups -OCH3 is 1. The average molecular weight is 284 g/mol. The summed E-state index contributed by atoms with van der Waals surface area (Å²) in [6.45, 7) is 9.75. The Hall–Kier alpha value is -0.160. The van der Waals surface area contributed by atoms with Gasteiger partial charge in [0.1, 0.15) is 0 Å². The maximum Gasteiger partial charge on any atom is 0.0698 e. The van der Waals surface area contributed by atoms with Crippen LogP contribution in [-0.4, -0.2) is 64.1 Å². The molecule has 2 atom stereocenters. The summed E-state index contributed by atoms with van der Waals surface area (Å²) in [5.41, 5.74) is 0.309. The summed E-state index contributed by atoms with van der Waals surface area (Å²) in [6, 6.07) is 0. The fraction of sp³-hybridized carbons (Fsp3) is 1.00. The summed E-state index contributed by atoms with van der Waals surface area (Å²) >= 11 is 0. The van der Waals surface area contributed by atoms with E-state index in [1.807, 2.05) is 7.11 Å². The molecule has 0 amide bonds. The van der Waals surface area contributed by atoms with Crippen molar-refractivity contribution in [2.45, 2.75) is 45.1 Å². The number of hydrogen-bond acceptors (Lipinski definition) is 4. The van der Waals surface area contributed by atoms with Crippen LogP contribution in [0.2, 0.25) is 0 Å². The van der Waals surface area contributed by atoms with Crippen LogP contribution in [0.5, 0.6) is 0 Å². The van der Waals surface area contributed by atoms with Gasteiger partial charge in [0.05, 0.1) is 12.7 Å². The van der Waals surface area contributed by atoms with Crippen LogP contribution in [0.3, 0.4) is 0 Å². The molecule has 0 spiro atoms. The normalized spacial score (nSPS) is 32.4. The Labute approximate surface area is 124 Å². The largest absolute Gasteiger partial charge is 0.381 e. The zero-order chi connectivity index (χ0) is 14.3. The van der Waals surface area contributed by atoms with Crippen molar-refractivity contribution in [3.8, 4) is 0 Å². The van der Waals surface area contributed by atoms with Gasteiger partial charge in [-0.2, -0.15) is 0 Å². The molecule has 2 rings (SSSR count). The Balaban J connectivity index is 1.88. The molecule has 4 heteroatoms. The lowest BCUT2D eigenvalue weighted by molar-refractivity contribution is -0.0436. The minimum absolute atomic E-state index is 0.309. The summed E-state index contributed by atoms with van der Waals surface area (Å²) in [7, 11) is 1.84. The van der Waals surface area contributed by atoms with Crippen LogP contribution in [0.15, 0.2) is 0 Å². The topological polar surface area (TPSA) is 33.7 Å². The van der Waals surface area contributed by atoms with Crippen molar-refractivity contribution in [3.05, 3.63) is 0 Å². The SMILES string of the molecule is CCCNCC1(CN2CCCC(OC)C2)CCCOC1. The molecule has 1 N–H and O–H groups in total. The van der Waals surface area contributed by atoms with Gasteiger partial charge in [-0.3, -0.25) is 0 Å². The molecular formula is C16H32N2O2. The Morgan fingerprint density at radius 2 is 2.30 bits per heavy atom. The molecule has 0 aliphatic carbocycles. The summed E-state index contributed by atoms with van der Waals surface area (Å²) in [4.78, 5) is 2.60. The monoisotopic (exact) mass is 284 g/mol. The van der Waals surface area contributed by atoms with E-state index in [-0.39, 0.29) is 0 Å². The van der Waals surface area contributed by atoms with Gasteiger partial charge < -0.3 is 19.7 Å². The van der Waals surface area contributed by atoms with Crippen LogP contribution in [0, 0.1) is 5.41 Å². The number of nitrogens with zero attached hydrogens (tertiary/aromatic N) is 1. The second-order valence-corrected chi connectivity index (χ2v) is 6.57. The van der Waals surface area contributed by atoms with Gasteiger partial charge >= 0.3 is 0 Å². The van der Waals surface area contributed by atoms with E-state index in [0.717, 1.165) is 39.4 Å². The lowest BCUT2D eigenvalue weighted by atomic mass is 9.81. The Morgan fingerprint density at radius 3 is 3.00 bits per heavy atom. The first-order chi connectivity index (χ1) is 9.78. The molecule has 0 aromatic carbocycles. The second-order valence-electron chi connectivity index (χ2n) is 6.57. The molecule has 118 valence electrons. The van der Waals surface area contributed by atoms with Gasteiger partial charge in [-0.15, -0.1) is 0 Å². The first-order valence-corrected chi connectivity index (χ1v) is 8.31. The van der Waals surface area contributed by atoms with E-state index in [1.165, 1.54) is 38.6 Å². The van der Waals surface area contributed by atoms with E-state index in [1.54, 1.807) is 0 Å². The number of hydrogen-bond donors (Lipinski definition) is 1. The van der Waals surface area contributed by atoms with Gasteiger partial charge in [-0.1, -0.05) is 6.92 Å². The van der Waals surface area contributed by atoms with E-state index in [2.05, 4.69) is 17.1 Å². The van der Waals surface area contributed by atoms with E-state index < -0.39 is 0 Å². The molecule has 2 saturated heterocycles.